The number of benzene rings is 2. The van der Waals surface area contributed by atoms with Gasteiger partial charge in [0.25, 0.3) is 0 Å². The zero-order chi connectivity index (χ0) is 16.8. The summed E-state index contributed by atoms with van der Waals surface area (Å²) < 4.78 is 57.5. The van der Waals surface area contributed by atoms with E-state index in [0.29, 0.717) is 0 Å². The first-order chi connectivity index (χ1) is 10.2. The molecular formula is C15H19F3O3S2. The van der Waals surface area contributed by atoms with E-state index in [1.54, 1.807) is 0 Å². The Morgan fingerprint density at radius 2 is 1.57 bits per heavy atom. The van der Waals surface area contributed by atoms with E-state index in [1.165, 1.54) is 35.6 Å². The Morgan fingerprint density at radius 3 is 2.09 bits per heavy atom. The number of hydrogen-bond donors (Lipinski definition) is 1. The van der Waals surface area contributed by atoms with Crippen LogP contribution in [0.3, 0.4) is 0 Å². The van der Waals surface area contributed by atoms with Crippen molar-refractivity contribution >= 4 is 34.4 Å². The van der Waals surface area contributed by atoms with Crippen molar-refractivity contribution in [2.24, 2.45) is 0 Å². The summed E-state index contributed by atoms with van der Waals surface area (Å²) >= 11 is 0. The molecule has 0 aliphatic carbocycles. The standard InChI is InChI=1S/C14H16.CHF3O3S.H2S/c1-2-3-7-12-9-6-10-13-8-4-5-11-14(12)13;2-1(3,4)8(5,6)7;/h4-6,8-11H,2-3,7H2,1H3;(H,5,6,7);1H2. The maximum absolute atomic E-state index is 10.7. The molecule has 0 spiro atoms. The summed E-state index contributed by atoms with van der Waals surface area (Å²) in [5.41, 5.74) is -4.04. The third-order valence-corrected chi connectivity index (χ3v) is 3.56. The Labute approximate surface area is 140 Å². The van der Waals surface area contributed by atoms with E-state index in [2.05, 4.69) is 49.4 Å². The monoisotopic (exact) mass is 368 g/mol. The van der Waals surface area contributed by atoms with Crippen LogP contribution < -0.4 is 0 Å². The average molecular weight is 368 g/mol. The molecular weight excluding hydrogens is 349 g/mol. The average Bonchev–Trinajstić information content (AvgIpc) is 2.43. The second-order valence-electron chi connectivity index (χ2n) is 4.66. The topological polar surface area (TPSA) is 54.4 Å². The molecule has 2 aromatic carbocycles. The van der Waals surface area contributed by atoms with Gasteiger partial charge in [-0.05, 0) is 29.2 Å². The predicted octanol–water partition coefficient (Wildman–Crippen LogP) is 4.69. The number of halogens is 3. The molecule has 0 radical (unpaired) electrons. The normalized spacial score (nSPS) is 11.3. The summed E-state index contributed by atoms with van der Waals surface area (Å²) in [6, 6.07) is 15.2. The first-order valence-electron chi connectivity index (χ1n) is 6.67. The van der Waals surface area contributed by atoms with Crippen LogP contribution in [0.25, 0.3) is 10.8 Å². The summed E-state index contributed by atoms with van der Waals surface area (Å²) in [6.07, 6.45) is 3.76. The quantitative estimate of drug-likeness (QED) is 0.632. The molecule has 0 amide bonds. The van der Waals surface area contributed by atoms with Gasteiger partial charge in [0.15, 0.2) is 0 Å². The Bertz CT molecular complexity index is 708. The van der Waals surface area contributed by atoms with Gasteiger partial charge in [0.2, 0.25) is 0 Å². The first-order valence-corrected chi connectivity index (χ1v) is 8.11. The van der Waals surface area contributed by atoms with Crippen molar-refractivity contribution in [2.75, 3.05) is 0 Å². The lowest BCUT2D eigenvalue weighted by atomic mass is 10.0. The lowest BCUT2D eigenvalue weighted by Crippen LogP contribution is -2.21. The van der Waals surface area contributed by atoms with Crippen LogP contribution in [0.5, 0.6) is 0 Å². The predicted molar refractivity (Wildman–Crippen MR) is 90.5 cm³/mol. The number of rotatable bonds is 3. The van der Waals surface area contributed by atoms with Gasteiger partial charge >= 0.3 is 15.6 Å². The molecule has 0 atom stereocenters. The molecule has 0 saturated carbocycles. The highest BCUT2D eigenvalue weighted by atomic mass is 32.2. The van der Waals surface area contributed by atoms with E-state index in [0.717, 1.165) is 0 Å². The maximum Gasteiger partial charge on any atom is 0.522 e. The fourth-order valence-electron chi connectivity index (χ4n) is 1.88. The van der Waals surface area contributed by atoms with Crippen LogP contribution in [0.1, 0.15) is 25.3 Å². The molecule has 0 unspecified atom stereocenters. The van der Waals surface area contributed by atoms with Gasteiger partial charge in [-0.2, -0.15) is 35.1 Å². The Kier molecular flexibility index (Phi) is 8.65. The van der Waals surface area contributed by atoms with Crippen LogP contribution in [-0.4, -0.2) is 18.5 Å². The minimum Gasteiger partial charge on any atom is -0.279 e. The van der Waals surface area contributed by atoms with E-state index in [1.807, 2.05) is 0 Å². The second kappa shape index (κ2) is 9.14. The fourth-order valence-corrected chi connectivity index (χ4v) is 1.88. The van der Waals surface area contributed by atoms with E-state index in [9.17, 15) is 13.2 Å². The molecule has 0 aliphatic rings. The fraction of sp³-hybridized carbons (Fsp3) is 0.333. The molecule has 0 heterocycles. The number of hydrogen-bond acceptors (Lipinski definition) is 2. The third-order valence-electron chi connectivity index (χ3n) is 2.97. The molecule has 0 fully saturated rings. The summed E-state index contributed by atoms with van der Waals surface area (Å²) in [5.74, 6) is 0. The minimum absolute atomic E-state index is 0. The van der Waals surface area contributed by atoms with Gasteiger partial charge in [-0.15, -0.1) is 0 Å². The van der Waals surface area contributed by atoms with Crippen molar-refractivity contribution in [3.8, 4) is 0 Å². The Morgan fingerprint density at radius 1 is 1.04 bits per heavy atom. The Balaban J connectivity index is 0.000000469. The lowest BCUT2D eigenvalue weighted by molar-refractivity contribution is -0.0510. The largest absolute Gasteiger partial charge is 0.522 e. The molecule has 0 bridgehead atoms. The van der Waals surface area contributed by atoms with Crippen molar-refractivity contribution in [1.82, 2.24) is 0 Å². The number of aryl methyl sites for hydroxylation is 1. The molecule has 23 heavy (non-hydrogen) atoms. The van der Waals surface area contributed by atoms with Gasteiger partial charge < -0.3 is 0 Å². The molecule has 0 aromatic heterocycles. The van der Waals surface area contributed by atoms with Crippen molar-refractivity contribution in [1.29, 1.82) is 0 Å². The molecule has 1 N–H and O–H groups in total. The third kappa shape index (κ3) is 6.80. The van der Waals surface area contributed by atoms with Gasteiger partial charge in [0.05, 0.1) is 0 Å². The highest BCUT2D eigenvalue weighted by Crippen LogP contribution is 2.21. The lowest BCUT2D eigenvalue weighted by Gasteiger charge is -2.04. The van der Waals surface area contributed by atoms with Gasteiger partial charge in [0, 0.05) is 0 Å². The number of alkyl halides is 3. The summed E-state index contributed by atoms with van der Waals surface area (Å²) in [4.78, 5) is 0. The molecule has 130 valence electrons. The van der Waals surface area contributed by atoms with Crippen LogP contribution in [0, 0.1) is 0 Å². The van der Waals surface area contributed by atoms with E-state index in [4.69, 9.17) is 13.0 Å². The minimum atomic E-state index is -5.84. The Hall–Kier alpha value is -1.25. The van der Waals surface area contributed by atoms with E-state index in [-0.39, 0.29) is 13.5 Å². The maximum atomic E-state index is 10.7. The molecule has 0 saturated heterocycles. The molecule has 2 aromatic rings. The molecule has 2 rings (SSSR count). The van der Waals surface area contributed by atoms with Crippen molar-refractivity contribution in [2.45, 2.75) is 31.7 Å². The van der Waals surface area contributed by atoms with Gasteiger partial charge in [-0.25, -0.2) is 0 Å². The van der Waals surface area contributed by atoms with Gasteiger partial charge in [-0.3, -0.25) is 4.55 Å². The van der Waals surface area contributed by atoms with Gasteiger partial charge in [-0.1, -0.05) is 55.8 Å². The van der Waals surface area contributed by atoms with E-state index >= 15 is 0 Å². The van der Waals surface area contributed by atoms with E-state index < -0.39 is 15.6 Å². The summed E-state index contributed by atoms with van der Waals surface area (Å²) in [6.45, 7) is 2.24. The van der Waals surface area contributed by atoms with Crippen molar-refractivity contribution < 1.29 is 26.1 Å². The smallest absolute Gasteiger partial charge is 0.279 e. The van der Waals surface area contributed by atoms with Crippen LogP contribution >= 0.6 is 13.5 Å². The van der Waals surface area contributed by atoms with Crippen LogP contribution in [0.2, 0.25) is 0 Å². The first kappa shape index (κ1) is 21.8. The second-order valence-corrected chi connectivity index (χ2v) is 6.08. The van der Waals surface area contributed by atoms with Crippen LogP contribution in [0.15, 0.2) is 42.5 Å². The molecule has 0 aliphatic heterocycles. The van der Waals surface area contributed by atoms with Crippen LogP contribution in [-0.2, 0) is 16.5 Å². The number of fused-ring (bicyclic) bond motifs is 1. The highest BCUT2D eigenvalue weighted by molar-refractivity contribution is 7.86. The van der Waals surface area contributed by atoms with Crippen molar-refractivity contribution in [3.63, 3.8) is 0 Å². The van der Waals surface area contributed by atoms with Crippen molar-refractivity contribution in [3.05, 3.63) is 48.0 Å². The van der Waals surface area contributed by atoms with Gasteiger partial charge in [0.1, 0.15) is 0 Å². The van der Waals surface area contributed by atoms with Crippen LogP contribution in [0.4, 0.5) is 13.2 Å². The zero-order valence-electron chi connectivity index (χ0n) is 12.5. The zero-order valence-corrected chi connectivity index (χ0v) is 14.3. The summed E-state index contributed by atoms with van der Waals surface area (Å²) in [5, 5.41) is 2.78. The SMILES string of the molecule is CCCCc1cccc2ccccc12.O=S(=O)(O)C(F)(F)F.S. The summed E-state index contributed by atoms with van der Waals surface area (Å²) in [7, 11) is -5.84. The molecule has 8 heteroatoms. The molecule has 3 nitrogen and oxygen atoms in total. The highest BCUT2D eigenvalue weighted by Gasteiger charge is 2.44. The number of unbranched alkanes of at least 4 members (excludes halogenated alkanes) is 1.